The zero-order valence-corrected chi connectivity index (χ0v) is 9.50. The van der Waals surface area contributed by atoms with Crippen molar-refractivity contribution in [2.24, 2.45) is 0 Å². The Hall–Kier alpha value is -0.120. The number of hydrogen-bond acceptors (Lipinski definition) is 3. The van der Waals surface area contributed by atoms with E-state index in [1.807, 2.05) is 0 Å². The third-order valence-corrected chi connectivity index (χ3v) is 3.84. The molecule has 1 saturated heterocycles. The second-order valence-corrected chi connectivity index (χ2v) is 5.00. The van der Waals surface area contributed by atoms with E-state index in [9.17, 15) is 5.11 Å². The van der Waals surface area contributed by atoms with Gasteiger partial charge < -0.3 is 15.2 Å². The lowest BCUT2D eigenvalue weighted by Crippen LogP contribution is -2.54. The van der Waals surface area contributed by atoms with Crippen LogP contribution in [0, 0.1) is 0 Å². The lowest BCUT2D eigenvalue weighted by atomic mass is 9.77. The molecule has 1 aliphatic heterocycles. The minimum atomic E-state index is 0.0799. The van der Waals surface area contributed by atoms with Crippen molar-refractivity contribution in [3.63, 3.8) is 0 Å². The van der Waals surface area contributed by atoms with Gasteiger partial charge in [0, 0.05) is 12.1 Å². The summed E-state index contributed by atoms with van der Waals surface area (Å²) < 4.78 is 5.57. The molecule has 0 spiro atoms. The molecule has 88 valence electrons. The topological polar surface area (TPSA) is 41.5 Å². The minimum absolute atomic E-state index is 0.0799. The normalized spacial score (nSPS) is 29.0. The van der Waals surface area contributed by atoms with E-state index in [0.717, 1.165) is 26.0 Å². The largest absolute Gasteiger partial charge is 0.394 e. The van der Waals surface area contributed by atoms with Crippen LogP contribution in [-0.4, -0.2) is 36.5 Å². The first-order chi connectivity index (χ1) is 7.35. The quantitative estimate of drug-likeness (QED) is 0.656. The first-order valence-corrected chi connectivity index (χ1v) is 6.32. The van der Waals surface area contributed by atoms with Gasteiger partial charge >= 0.3 is 0 Å². The molecule has 0 radical (unpaired) electrons. The summed E-state index contributed by atoms with van der Waals surface area (Å²) in [6.07, 6.45) is 8.88. The van der Waals surface area contributed by atoms with Crippen LogP contribution >= 0.6 is 0 Å². The van der Waals surface area contributed by atoms with Gasteiger partial charge in [0.25, 0.3) is 0 Å². The van der Waals surface area contributed by atoms with Crippen molar-refractivity contribution in [2.75, 3.05) is 19.8 Å². The van der Waals surface area contributed by atoms with Gasteiger partial charge in [-0.3, -0.25) is 0 Å². The van der Waals surface area contributed by atoms with Gasteiger partial charge in [0.05, 0.1) is 12.7 Å². The summed E-state index contributed by atoms with van der Waals surface area (Å²) in [5, 5.41) is 12.8. The third-order valence-electron chi connectivity index (χ3n) is 3.84. The highest BCUT2D eigenvalue weighted by molar-refractivity contribution is 4.95. The average Bonchev–Trinajstić information content (AvgIpc) is 2.68. The number of ether oxygens (including phenoxy) is 1. The van der Waals surface area contributed by atoms with Crippen LogP contribution in [0.1, 0.15) is 44.9 Å². The maximum atomic E-state index is 9.26. The molecule has 1 saturated carbocycles. The summed E-state index contributed by atoms with van der Waals surface area (Å²) in [4.78, 5) is 0. The molecule has 0 aromatic heterocycles. The van der Waals surface area contributed by atoms with Gasteiger partial charge in [-0.2, -0.15) is 0 Å². The van der Waals surface area contributed by atoms with Crippen LogP contribution < -0.4 is 5.32 Å². The number of hydrogen-bond donors (Lipinski definition) is 2. The van der Waals surface area contributed by atoms with E-state index in [2.05, 4.69) is 5.32 Å². The predicted octanol–water partition coefficient (Wildman–Crippen LogP) is 1.45. The molecule has 3 heteroatoms. The zero-order chi connectivity index (χ0) is 10.6. The van der Waals surface area contributed by atoms with Crippen LogP contribution in [0.5, 0.6) is 0 Å². The van der Waals surface area contributed by atoms with Crippen LogP contribution in [0.4, 0.5) is 0 Å². The number of aliphatic hydroxyl groups excluding tert-OH is 1. The fourth-order valence-electron chi connectivity index (χ4n) is 2.55. The lowest BCUT2D eigenvalue weighted by Gasteiger charge is -2.41. The van der Waals surface area contributed by atoms with E-state index >= 15 is 0 Å². The second-order valence-electron chi connectivity index (χ2n) is 5.00. The Balaban J connectivity index is 1.54. The Morgan fingerprint density at radius 2 is 2.20 bits per heavy atom. The van der Waals surface area contributed by atoms with Gasteiger partial charge in [0.15, 0.2) is 0 Å². The summed E-state index contributed by atoms with van der Waals surface area (Å²) in [5.74, 6) is 0. The summed E-state index contributed by atoms with van der Waals surface area (Å²) in [7, 11) is 0. The van der Waals surface area contributed by atoms with Crippen molar-refractivity contribution in [1.82, 2.24) is 5.32 Å². The molecule has 2 aliphatic rings. The standard InChI is InChI=1S/C12H23NO2/c14-10-12(6-3-7-12)13-8-1-4-11-5-2-9-15-11/h11,13-14H,1-10H2. The Kier molecular flexibility index (Phi) is 4.00. The summed E-state index contributed by atoms with van der Waals surface area (Å²) in [5.41, 5.74) is 0.0799. The van der Waals surface area contributed by atoms with Gasteiger partial charge in [-0.05, 0) is 51.5 Å². The van der Waals surface area contributed by atoms with Crippen molar-refractivity contribution in [3.05, 3.63) is 0 Å². The van der Waals surface area contributed by atoms with Crippen molar-refractivity contribution < 1.29 is 9.84 Å². The van der Waals surface area contributed by atoms with E-state index in [1.54, 1.807) is 0 Å². The van der Waals surface area contributed by atoms with Crippen LogP contribution in [0.2, 0.25) is 0 Å². The molecule has 2 fully saturated rings. The Morgan fingerprint density at radius 1 is 1.33 bits per heavy atom. The fraction of sp³-hybridized carbons (Fsp3) is 1.00. The van der Waals surface area contributed by atoms with E-state index < -0.39 is 0 Å². The lowest BCUT2D eigenvalue weighted by molar-refractivity contribution is 0.0816. The molecular formula is C12H23NO2. The smallest absolute Gasteiger partial charge is 0.0613 e. The van der Waals surface area contributed by atoms with Gasteiger partial charge in [-0.25, -0.2) is 0 Å². The summed E-state index contributed by atoms with van der Waals surface area (Å²) in [6.45, 7) is 2.28. The van der Waals surface area contributed by atoms with Crippen LogP contribution in [0.25, 0.3) is 0 Å². The first kappa shape index (κ1) is 11.4. The van der Waals surface area contributed by atoms with Crippen molar-refractivity contribution in [1.29, 1.82) is 0 Å². The van der Waals surface area contributed by atoms with Crippen LogP contribution in [-0.2, 0) is 4.74 Å². The Morgan fingerprint density at radius 3 is 2.73 bits per heavy atom. The molecule has 0 aromatic rings. The highest BCUT2D eigenvalue weighted by atomic mass is 16.5. The number of aliphatic hydroxyl groups is 1. The molecule has 15 heavy (non-hydrogen) atoms. The van der Waals surface area contributed by atoms with E-state index in [1.165, 1.54) is 32.1 Å². The third kappa shape index (κ3) is 2.92. The number of nitrogens with one attached hydrogen (secondary N) is 1. The van der Waals surface area contributed by atoms with E-state index in [-0.39, 0.29) is 5.54 Å². The molecule has 0 aromatic carbocycles. The van der Waals surface area contributed by atoms with Crippen LogP contribution in [0.15, 0.2) is 0 Å². The molecule has 0 amide bonds. The molecule has 2 rings (SSSR count). The average molecular weight is 213 g/mol. The van der Waals surface area contributed by atoms with E-state index in [4.69, 9.17) is 4.74 Å². The molecule has 1 unspecified atom stereocenters. The second kappa shape index (κ2) is 5.28. The molecule has 1 heterocycles. The monoisotopic (exact) mass is 213 g/mol. The Labute approximate surface area is 92.2 Å². The maximum Gasteiger partial charge on any atom is 0.0613 e. The minimum Gasteiger partial charge on any atom is -0.394 e. The molecule has 0 bridgehead atoms. The Bertz CT molecular complexity index is 181. The SMILES string of the molecule is OCC1(NCCCC2CCCO2)CCC1. The summed E-state index contributed by atoms with van der Waals surface area (Å²) in [6, 6.07) is 0. The molecular weight excluding hydrogens is 190 g/mol. The molecule has 2 N–H and O–H groups in total. The molecule has 1 atom stereocenters. The van der Waals surface area contributed by atoms with E-state index in [0.29, 0.717) is 12.7 Å². The number of rotatable bonds is 6. The fourth-order valence-corrected chi connectivity index (χ4v) is 2.55. The highest BCUT2D eigenvalue weighted by Crippen LogP contribution is 2.31. The zero-order valence-electron chi connectivity index (χ0n) is 9.50. The summed E-state index contributed by atoms with van der Waals surface area (Å²) >= 11 is 0. The van der Waals surface area contributed by atoms with Gasteiger partial charge in [0.2, 0.25) is 0 Å². The van der Waals surface area contributed by atoms with Gasteiger partial charge in [-0.15, -0.1) is 0 Å². The first-order valence-electron chi connectivity index (χ1n) is 6.32. The maximum absolute atomic E-state index is 9.26. The van der Waals surface area contributed by atoms with Crippen molar-refractivity contribution in [3.8, 4) is 0 Å². The highest BCUT2D eigenvalue weighted by Gasteiger charge is 2.35. The molecule has 3 nitrogen and oxygen atoms in total. The predicted molar refractivity (Wildman–Crippen MR) is 59.9 cm³/mol. The van der Waals surface area contributed by atoms with Crippen molar-refractivity contribution in [2.45, 2.75) is 56.6 Å². The van der Waals surface area contributed by atoms with Crippen LogP contribution in [0.3, 0.4) is 0 Å². The van der Waals surface area contributed by atoms with Gasteiger partial charge in [-0.1, -0.05) is 0 Å². The van der Waals surface area contributed by atoms with Crippen molar-refractivity contribution >= 4 is 0 Å². The van der Waals surface area contributed by atoms with Gasteiger partial charge in [0.1, 0.15) is 0 Å². The molecule has 1 aliphatic carbocycles.